The fourth-order valence-corrected chi connectivity index (χ4v) is 0.492. The number of aromatic nitrogens is 2. The van der Waals surface area contributed by atoms with Crippen LogP contribution in [0.25, 0.3) is 0 Å². The van der Waals surface area contributed by atoms with Gasteiger partial charge in [0.25, 0.3) is 5.56 Å². The van der Waals surface area contributed by atoms with E-state index in [0.29, 0.717) is 0 Å². The molecule has 0 aliphatic rings. The molecule has 48 valence electrons. The van der Waals surface area contributed by atoms with Gasteiger partial charge in [0.15, 0.2) is 5.75 Å². The summed E-state index contributed by atoms with van der Waals surface area (Å²) >= 11 is 0. The lowest BCUT2D eigenvalue weighted by Crippen LogP contribution is -2.15. The summed E-state index contributed by atoms with van der Waals surface area (Å²) in [6, 6.07) is 0. The van der Waals surface area contributed by atoms with Crippen LogP contribution in [0.1, 0.15) is 0 Å². The van der Waals surface area contributed by atoms with Crippen molar-refractivity contribution < 1.29 is 5.11 Å². The number of hydrogen-bond acceptors (Lipinski definition) is 3. The van der Waals surface area contributed by atoms with Crippen LogP contribution in [0.15, 0.2) is 17.3 Å². The Kier molecular flexibility index (Phi) is 1.22. The highest BCUT2D eigenvalue weighted by atomic mass is 16.3. The maximum Gasteiger partial charge on any atom is 0.295 e. The zero-order chi connectivity index (χ0) is 6.85. The van der Waals surface area contributed by atoms with Crippen LogP contribution in [0, 0.1) is 0 Å². The molecule has 9 heavy (non-hydrogen) atoms. The molecule has 0 atom stereocenters. The first-order valence-corrected chi connectivity index (χ1v) is 2.41. The van der Waals surface area contributed by atoms with Crippen LogP contribution >= 0.6 is 0 Å². The molecule has 0 saturated carbocycles. The Hall–Kier alpha value is -1.32. The van der Waals surface area contributed by atoms with E-state index in [1.165, 1.54) is 17.9 Å². The van der Waals surface area contributed by atoms with Crippen molar-refractivity contribution in [3.8, 4) is 5.75 Å². The van der Waals surface area contributed by atoms with Crippen LogP contribution in [0.2, 0.25) is 0 Å². The number of hydrogen-bond donors (Lipinski definition) is 1. The molecule has 1 N–H and O–H groups in total. The lowest BCUT2D eigenvalue weighted by atomic mass is 10.6. The molecule has 1 rings (SSSR count). The van der Waals surface area contributed by atoms with Crippen molar-refractivity contribution >= 4 is 0 Å². The molecule has 4 heteroatoms. The normalized spacial score (nSPS) is 9.44. The van der Waals surface area contributed by atoms with E-state index >= 15 is 0 Å². The number of aromatic hydroxyl groups is 1. The Labute approximate surface area is 51.4 Å². The molecule has 0 fully saturated rings. The van der Waals surface area contributed by atoms with Gasteiger partial charge in [0, 0.05) is 7.05 Å². The van der Waals surface area contributed by atoms with Crippen molar-refractivity contribution in [2.24, 2.45) is 7.05 Å². The average molecular weight is 126 g/mol. The lowest BCUT2D eigenvalue weighted by molar-refractivity contribution is 0.457. The van der Waals surface area contributed by atoms with Crippen LogP contribution in [0.3, 0.4) is 0 Å². The first-order valence-electron chi connectivity index (χ1n) is 2.41. The van der Waals surface area contributed by atoms with Gasteiger partial charge in [-0.2, -0.15) is 0 Å². The van der Waals surface area contributed by atoms with E-state index in [1.807, 2.05) is 0 Å². The second kappa shape index (κ2) is 1.89. The lowest BCUT2D eigenvalue weighted by Gasteiger charge is -1.92. The molecule has 0 saturated heterocycles. The van der Waals surface area contributed by atoms with Crippen LogP contribution < -0.4 is 5.56 Å². The van der Waals surface area contributed by atoms with Gasteiger partial charge in [0.2, 0.25) is 0 Å². The summed E-state index contributed by atoms with van der Waals surface area (Å²) in [7, 11) is 1.52. The molecule has 0 aliphatic carbocycles. The molecule has 4 nitrogen and oxygen atoms in total. The number of nitrogens with zero attached hydrogens (tertiary/aromatic N) is 2. The minimum atomic E-state index is -0.426. The minimum Gasteiger partial charge on any atom is -0.502 e. The van der Waals surface area contributed by atoms with Gasteiger partial charge in [-0.05, 0) is 0 Å². The zero-order valence-corrected chi connectivity index (χ0v) is 4.90. The zero-order valence-electron chi connectivity index (χ0n) is 4.90. The minimum absolute atomic E-state index is 0.319. The standard InChI is InChI=1S/C5H6N2O2/c1-7-3-6-2-4(8)5(7)9/h2-3,8H,1H3. The van der Waals surface area contributed by atoms with E-state index in [2.05, 4.69) is 4.98 Å². The van der Waals surface area contributed by atoms with Gasteiger partial charge in [0.05, 0.1) is 12.5 Å². The van der Waals surface area contributed by atoms with Crippen molar-refractivity contribution in [3.63, 3.8) is 0 Å². The average Bonchev–Trinajstić information content (AvgIpc) is 1.83. The third-order valence-corrected chi connectivity index (χ3v) is 0.976. The predicted octanol–water partition coefficient (Wildman–Crippen LogP) is -0.514. The first-order chi connectivity index (χ1) is 4.22. The fourth-order valence-electron chi connectivity index (χ4n) is 0.492. The van der Waals surface area contributed by atoms with Crippen LogP contribution in [-0.4, -0.2) is 14.7 Å². The van der Waals surface area contributed by atoms with E-state index in [4.69, 9.17) is 5.11 Å². The number of aryl methyl sites for hydroxylation is 1. The van der Waals surface area contributed by atoms with Gasteiger partial charge in [0.1, 0.15) is 0 Å². The van der Waals surface area contributed by atoms with Gasteiger partial charge in [-0.15, -0.1) is 0 Å². The Morgan fingerprint density at radius 3 is 2.89 bits per heavy atom. The second-order valence-corrected chi connectivity index (χ2v) is 1.69. The highest BCUT2D eigenvalue weighted by Crippen LogP contribution is 1.90. The van der Waals surface area contributed by atoms with Crippen molar-refractivity contribution in [2.75, 3.05) is 0 Å². The van der Waals surface area contributed by atoms with E-state index in [0.717, 1.165) is 6.20 Å². The topological polar surface area (TPSA) is 55.1 Å². The van der Waals surface area contributed by atoms with Crippen molar-refractivity contribution in [1.29, 1.82) is 0 Å². The number of rotatable bonds is 0. The summed E-state index contributed by atoms with van der Waals surface area (Å²) in [5, 5.41) is 8.70. The predicted molar refractivity (Wildman–Crippen MR) is 31.1 cm³/mol. The fraction of sp³-hybridized carbons (Fsp3) is 0.200. The van der Waals surface area contributed by atoms with Crippen LogP contribution in [0.5, 0.6) is 5.75 Å². The first kappa shape index (κ1) is 5.81. The molecule has 0 spiro atoms. The Morgan fingerprint density at radius 2 is 2.44 bits per heavy atom. The summed E-state index contributed by atoms with van der Waals surface area (Å²) in [4.78, 5) is 14.2. The smallest absolute Gasteiger partial charge is 0.295 e. The summed E-state index contributed by atoms with van der Waals surface area (Å²) < 4.78 is 1.20. The van der Waals surface area contributed by atoms with E-state index in [9.17, 15) is 4.79 Å². The molecule has 0 aromatic carbocycles. The van der Waals surface area contributed by atoms with Gasteiger partial charge < -0.3 is 5.11 Å². The monoisotopic (exact) mass is 126 g/mol. The summed E-state index contributed by atoms with van der Waals surface area (Å²) in [6.07, 6.45) is 2.45. The second-order valence-electron chi connectivity index (χ2n) is 1.69. The quantitative estimate of drug-likeness (QED) is 0.509. The van der Waals surface area contributed by atoms with Crippen LogP contribution in [0.4, 0.5) is 0 Å². The molecule has 1 heterocycles. The van der Waals surface area contributed by atoms with Gasteiger partial charge in [-0.1, -0.05) is 0 Å². The maximum absolute atomic E-state index is 10.6. The molecule has 0 amide bonds. The van der Waals surface area contributed by atoms with Gasteiger partial charge in [-0.25, -0.2) is 4.98 Å². The van der Waals surface area contributed by atoms with Gasteiger partial charge >= 0.3 is 0 Å². The molecule has 1 aromatic rings. The maximum atomic E-state index is 10.6. The van der Waals surface area contributed by atoms with Crippen LogP contribution in [-0.2, 0) is 7.05 Å². The van der Waals surface area contributed by atoms with E-state index in [1.54, 1.807) is 0 Å². The van der Waals surface area contributed by atoms with E-state index < -0.39 is 5.56 Å². The SMILES string of the molecule is Cn1cncc(O)c1=O. The largest absolute Gasteiger partial charge is 0.502 e. The summed E-state index contributed by atoms with van der Waals surface area (Å²) in [6.45, 7) is 0. The Balaban J connectivity index is 3.43. The summed E-state index contributed by atoms with van der Waals surface area (Å²) in [5.41, 5.74) is -0.426. The van der Waals surface area contributed by atoms with Gasteiger partial charge in [-0.3, -0.25) is 9.36 Å². The molecule has 0 bridgehead atoms. The molecular weight excluding hydrogens is 120 g/mol. The molecule has 0 aliphatic heterocycles. The molecule has 0 radical (unpaired) electrons. The molecular formula is C5H6N2O2. The molecule has 0 unspecified atom stereocenters. The Morgan fingerprint density at radius 1 is 1.78 bits per heavy atom. The highest BCUT2D eigenvalue weighted by Gasteiger charge is 1.94. The Bertz CT molecular complexity index is 243. The molecule has 1 aromatic heterocycles. The van der Waals surface area contributed by atoms with Crippen molar-refractivity contribution in [1.82, 2.24) is 9.55 Å². The van der Waals surface area contributed by atoms with Crippen molar-refractivity contribution in [3.05, 3.63) is 22.9 Å². The highest BCUT2D eigenvalue weighted by molar-refractivity contribution is 5.08. The third kappa shape index (κ3) is 0.910. The summed E-state index contributed by atoms with van der Waals surface area (Å²) in [5.74, 6) is -0.319. The van der Waals surface area contributed by atoms with Crippen molar-refractivity contribution in [2.45, 2.75) is 0 Å². The third-order valence-electron chi connectivity index (χ3n) is 0.976. The van der Waals surface area contributed by atoms with E-state index in [-0.39, 0.29) is 5.75 Å².